The lowest BCUT2D eigenvalue weighted by Crippen LogP contribution is -2.21. The van der Waals surface area contributed by atoms with Crippen molar-refractivity contribution in [1.29, 1.82) is 0 Å². The quantitative estimate of drug-likeness (QED) is 0.786. The predicted octanol–water partition coefficient (Wildman–Crippen LogP) is 3.15. The van der Waals surface area contributed by atoms with E-state index in [1.54, 1.807) is 0 Å². The molecular formula is C17H22N4O. The van der Waals surface area contributed by atoms with E-state index in [2.05, 4.69) is 47.2 Å². The molecule has 0 saturated heterocycles. The Balaban J connectivity index is 1.65. The summed E-state index contributed by atoms with van der Waals surface area (Å²) in [4.78, 5) is 10.4. The molecular weight excluding hydrogens is 276 g/mol. The van der Waals surface area contributed by atoms with Gasteiger partial charge >= 0.3 is 0 Å². The third-order valence-electron chi connectivity index (χ3n) is 4.10. The van der Waals surface area contributed by atoms with Gasteiger partial charge in [-0.15, -0.1) is 0 Å². The Kier molecular flexibility index (Phi) is 3.98. The predicted molar refractivity (Wildman–Crippen MR) is 86.8 cm³/mol. The van der Waals surface area contributed by atoms with E-state index < -0.39 is 0 Å². The Hall–Kier alpha value is -2.14. The van der Waals surface area contributed by atoms with Gasteiger partial charge in [-0.2, -0.15) is 0 Å². The van der Waals surface area contributed by atoms with Crippen LogP contribution in [0.25, 0.3) is 11.0 Å². The molecule has 0 saturated carbocycles. The van der Waals surface area contributed by atoms with Crippen LogP contribution in [0.15, 0.2) is 22.7 Å². The van der Waals surface area contributed by atoms with Gasteiger partial charge in [-0.3, -0.25) is 0 Å². The van der Waals surface area contributed by atoms with Crippen molar-refractivity contribution in [2.24, 2.45) is 0 Å². The molecule has 5 nitrogen and oxygen atoms in total. The summed E-state index contributed by atoms with van der Waals surface area (Å²) in [5.74, 6) is 1.94. The summed E-state index contributed by atoms with van der Waals surface area (Å²) in [6.45, 7) is 7.83. The lowest BCUT2D eigenvalue weighted by molar-refractivity contribution is 0.324. The van der Waals surface area contributed by atoms with E-state index in [9.17, 15) is 0 Å². The number of H-pyrrole nitrogens is 1. The third kappa shape index (κ3) is 2.90. The maximum Gasteiger partial charge on any atom is 0.138 e. The van der Waals surface area contributed by atoms with E-state index in [4.69, 9.17) is 9.51 Å². The van der Waals surface area contributed by atoms with Gasteiger partial charge in [-0.1, -0.05) is 17.3 Å². The van der Waals surface area contributed by atoms with Crippen molar-refractivity contribution in [2.75, 3.05) is 13.6 Å². The smallest absolute Gasteiger partial charge is 0.138 e. The number of benzene rings is 1. The molecule has 1 N–H and O–H groups in total. The molecule has 2 aromatic heterocycles. The molecule has 0 unspecified atom stereocenters. The van der Waals surface area contributed by atoms with Gasteiger partial charge < -0.3 is 14.4 Å². The van der Waals surface area contributed by atoms with E-state index in [1.807, 2.05) is 13.8 Å². The molecule has 22 heavy (non-hydrogen) atoms. The van der Waals surface area contributed by atoms with Crippen LogP contribution in [0.1, 0.15) is 28.4 Å². The first-order valence-corrected chi connectivity index (χ1v) is 7.59. The van der Waals surface area contributed by atoms with Crippen LogP contribution in [0.5, 0.6) is 0 Å². The number of nitrogens with one attached hydrogen (secondary N) is 1. The zero-order valence-corrected chi connectivity index (χ0v) is 13.6. The molecule has 0 spiro atoms. The van der Waals surface area contributed by atoms with E-state index in [-0.39, 0.29) is 0 Å². The number of fused-ring (bicyclic) bond motifs is 1. The third-order valence-corrected chi connectivity index (χ3v) is 4.10. The number of aromatic amines is 1. The summed E-state index contributed by atoms with van der Waals surface area (Å²) >= 11 is 0. The van der Waals surface area contributed by atoms with Crippen molar-refractivity contribution in [3.05, 3.63) is 46.6 Å². The van der Waals surface area contributed by atoms with Crippen LogP contribution in [-0.2, 0) is 13.0 Å². The van der Waals surface area contributed by atoms with E-state index in [0.29, 0.717) is 0 Å². The molecule has 5 heteroatoms. The molecule has 0 radical (unpaired) electrons. The minimum Gasteiger partial charge on any atom is -0.361 e. The van der Waals surface area contributed by atoms with Crippen molar-refractivity contribution in [3.8, 4) is 0 Å². The van der Waals surface area contributed by atoms with E-state index >= 15 is 0 Å². The number of aryl methyl sites for hydroxylation is 3. The zero-order chi connectivity index (χ0) is 15.7. The van der Waals surface area contributed by atoms with Crippen LogP contribution >= 0.6 is 0 Å². The molecule has 0 fully saturated rings. The van der Waals surface area contributed by atoms with Crippen LogP contribution in [0.3, 0.4) is 0 Å². The number of hydrogen-bond donors (Lipinski definition) is 1. The summed E-state index contributed by atoms with van der Waals surface area (Å²) < 4.78 is 5.22. The SMILES string of the molecule is Cc1noc(C)c1CN(C)CCc1nc2c(C)cccc2[nH]1. The summed E-state index contributed by atoms with van der Waals surface area (Å²) in [6, 6.07) is 6.23. The van der Waals surface area contributed by atoms with Crippen LogP contribution in [0.2, 0.25) is 0 Å². The van der Waals surface area contributed by atoms with Crippen molar-refractivity contribution in [2.45, 2.75) is 33.7 Å². The lowest BCUT2D eigenvalue weighted by atomic mass is 10.2. The molecule has 3 rings (SSSR count). The second kappa shape index (κ2) is 5.93. The van der Waals surface area contributed by atoms with Gasteiger partial charge in [-0.25, -0.2) is 4.98 Å². The van der Waals surface area contributed by atoms with Crippen LogP contribution in [-0.4, -0.2) is 33.6 Å². The monoisotopic (exact) mass is 298 g/mol. The highest BCUT2D eigenvalue weighted by atomic mass is 16.5. The standard InChI is InChI=1S/C17H22N4O/c1-11-6-5-7-15-17(11)19-16(18-15)8-9-21(4)10-14-12(2)20-22-13(14)3/h5-7H,8-10H2,1-4H3,(H,18,19). The number of imidazole rings is 1. The fourth-order valence-corrected chi connectivity index (χ4v) is 2.72. The van der Waals surface area contributed by atoms with Crippen LogP contribution in [0.4, 0.5) is 0 Å². The number of rotatable bonds is 5. The maximum atomic E-state index is 5.22. The first-order chi connectivity index (χ1) is 10.5. The molecule has 0 aliphatic rings. The fraction of sp³-hybridized carbons (Fsp3) is 0.412. The molecule has 2 heterocycles. The van der Waals surface area contributed by atoms with Gasteiger partial charge in [0.25, 0.3) is 0 Å². The minimum absolute atomic E-state index is 0.848. The van der Waals surface area contributed by atoms with E-state index in [0.717, 1.165) is 47.8 Å². The highest BCUT2D eigenvalue weighted by Crippen LogP contribution is 2.17. The Bertz CT molecular complexity index is 768. The first-order valence-electron chi connectivity index (χ1n) is 7.59. The lowest BCUT2D eigenvalue weighted by Gasteiger charge is -2.15. The second-order valence-corrected chi connectivity index (χ2v) is 5.95. The first kappa shape index (κ1) is 14.8. The number of para-hydroxylation sites is 1. The van der Waals surface area contributed by atoms with Gasteiger partial charge in [0.05, 0.1) is 16.7 Å². The molecule has 0 aliphatic carbocycles. The summed E-state index contributed by atoms with van der Waals surface area (Å²) in [6.07, 6.45) is 0.897. The Morgan fingerprint density at radius 3 is 2.73 bits per heavy atom. The van der Waals surface area contributed by atoms with Crippen molar-refractivity contribution >= 4 is 11.0 Å². The fourth-order valence-electron chi connectivity index (χ4n) is 2.72. The average Bonchev–Trinajstić information content (AvgIpc) is 3.04. The Morgan fingerprint density at radius 1 is 1.23 bits per heavy atom. The number of nitrogens with zero attached hydrogens (tertiary/aromatic N) is 3. The molecule has 0 amide bonds. The van der Waals surface area contributed by atoms with Crippen LogP contribution in [0, 0.1) is 20.8 Å². The van der Waals surface area contributed by atoms with Crippen molar-refractivity contribution in [1.82, 2.24) is 20.0 Å². The second-order valence-electron chi connectivity index (χ2n) is 5.95. The Labute approximate surface area is 130 Å². The summed E-state index contributed by atoms with van der Waals surface area (Å²) in [5.41, 5.74) is 5.56. The molecule has 0 atom stereocenters. The normalized spacial score (nSPS) is 11.7. The molecule has 0 bridgehead atoms. The average molecular weight is 298 g/mol. The largest absolute Gasteiger partial charge is 0.361 e. The molecule has 1 aromatic carbocycles. The minimum atomic E-state index is 0.848. The molecule has 0 aliphatic heterocycles. The number of likely N-dealkylation sites (N-methyl/N-ethyl adjacent to an activating group) is 1. The summed E-state index contributed by atoms with van der Waals surface area (Å²) in [7, 11) is 2.11. The van der Waals surface area contributed by atoms with Gasteiger partial charge in [0.2, 0.25) is 0 Å². The highest BCUT2D eigenvalue weighted by Gasteiger charge is 2.12. The molecule has 116 valence electrons. The van der Waals surface area contributed by atoms with E-state index in [1.165, 1.54) is 11.1 Å². The van der Waals surface area contributed by atoms with Gasteiger partial charge in [0.15, 0.2) is 0 Å². The highest BCUT2D eigenvalue weighted by molar-refractivity contribution is 5.78. The topological polar surface area (TPSA) is 58.0 Å². The Morgan fingerprint density at radius 2 is 2.05 bits per heavy atom. The van der Waals surface area contributed by atoms with Crippen LogP contribution < -0.4 is 0 Å². The van der Waals surface area contributed by atoms with Gasteiger partial charge in [-0.05, 0) is 39.4 Å². The van der Waals surface area contributed by atoms with Gasteiger partial charge in [0.1, 0.15) is 11.6 Å². The van der Waals surface area contributed by atoms with Crippen molar-refractivity contribution in [3.63, 3.8) is 0 Å². The maximum absolute atomic E-state index is 5.22. The number of aromatic nitrogens is 3. The van der Waals surface area contributed by atoms with Gasteiger partial charge in [0, 0.05) is 25.1 Å². The number of hydrogen-bond acceptors (Lipinski definition) is 4. The molecule has 3 aromatic rings. The summed E-state index contributed by atoms with van der Waals surface area (Å²) in [5, 5.41) is 4.01. The zero-order valence-electron chi connectivity index (χ0n) is 13.6. The van der Waals surface area contributed by atoms with Crippen molar-refractivity contribution < 1.29 is 4.52 Å².